The zero-order valence-electron chi connectivity index (χ0n) is 16.0. The molecule has 4 rings (SSSR count). The van der Waals surface area contributed by atoms with E-state index in [1.807, 2.05) is 24.3 Å². The number of nitrogens with zero attached hydrogens (tertiary/aromatic N) is 2. The van der Waals surface area contributed by atoms with Crippen LogP contribution in [0.4, 0.5) is 11.5 Å². The van der Waals surface area contributed by atoms with Crippen LogP contribution < -0.4 is 20.1 Å². The van der Waals surface area contributed by atoms with E-state index in [2.05, 4.69) is 15.7 Å². The number of hydrogen-bond acceptors (Lipinski definition) is 5. The summed E-state index contributed by atoms with van der Waals surface area (Å²) < 4.78 is 11.9. The van der Waals surface area contributed by atoms with Crippen molar-refractivity contribution in [3.05, 3.63) is 54.6 Å². The Bertz CT molecular complexity index is 1040. The first-order valence-corrected chi connectivity index (χ1v) is 9.06. The number of amides is 2. The van der Waals surface area contributed by atoms with E-state index in [4.69, 9.17) is 9.47 Å². The van der Waals surface area contributed by atoms with Gasteiger partial charge in [0.05, 0.1) is 26.3 Å². The van der Waals surface area contributed by atoms with E-state index < -0.39 is 6.04 Å². The lowest BCUT2D eigenvalue weighted by atomic mass is 10.1. The number of carbonyl (C=O) groups is 2. The van der Waals surface area contributed by atoms with Crippen molar-refractivity contribution in [3.63, 3.8) is 0 Å². The van der Waals surface area contributed by atoms with Crippen LogP contribution in [0.25, 0.3) is 11.3 Å². The number of anilines is 2. The lowest BCUT2D eigenvalue weighted by Gasteiger charge is -2.23. The Morgan fingerprint density at radius 1 is 1.07 bits per heavy atom. The lowest BCUT2D eigenvalue weighted by Crippen LogP contribution is -2.35. The lowest BCUT2D eigenvalue weighted by molar-refractivity contribution is -0.125. The van der Waals surface area contributed by atoms with E-state index >= 15 is 0 Å². The van der Waals surface area contributed by atoms with E-state index in [9.17, 15) is 9.59 Å². The minimum absolute atomic E-state index is 0.0126. The molecule has 0 fully saturated rings. The first-order valence-electron chi connectivity index (χ1n) is 9.06. The quantitative estimate of drug-likeness (QED) is 0.696. The van der Waals surface area contributed by atoms with Crippen molar-refractivity contribution >= 4 is 23.3 Å². The molecule has 0 saturated heterocycles. The van der Waals surface area contributed by atoms with E-state index in [1.165, 1.54) is 0 Å². The van der Waals surface area contributed by atoms with Gasteiger partial charge in [0.1, 0.15) is 23.4 Å². The number of rotatable bonds is 5. The summed E-state index contributed by atoms with van der Waals surface area (Å²) in [5.74, 6) is 1.38. The fourth-order valence-electron chi connectivity index (χ4n) is 3.19. The Morgan fingerprint density at radius 2 is 1.69 bits per heavy atom. The van der Waals surface area contributed by atoms with Crippen LogP contribution in [0.5, 0.6) is 11.5 Å². The zero-order chi connectivity index (χ0) is 20.4. The van der Waals surface area contributed by atoms with Crippen molar-refractivity contribution < 1.29 is 19.1 Å². The van der Waals surface area contributed by atoms with Gasteiger partial charge in [-0.15, -0.1) is 0 Å². The smallest absolute Gasteiger partial charge is 0.249 e. The fraction of sp³-hybridized carbons (Fsp3) is 0.190. The minimum atomic E-state index is -0.743. The van der Waals surface area contributed by atoms with Crippen LogP contribution in [0.15, 0.2) is 54.6 Å². The molecule has 2 N–H and O–H groups in total. The maximum absolute atomic E-state index is 12.9. The van der Waals surface area contributed by atoms with Gasteiger partial charge in [-0.25, -0.2) is 4.68 Å². The molecule has 1 aliphatic heterocycles. The molecular weight excluding hydrogens is 372 g/mol. The highest BCUT2D eigenvalue weighted by Gasteiger charge is 2.32. The van der Waals surface area contributed by atoms with Gasteiger partial charge in [0, 0.05) is 17.3 Å². The highest BCUT2D eigenvalue weighted by molar-refractivity contribution is 6.01. The third-order valence-corrected chi connectivity index (χ3v) is 4.72. The van der Waals surface area contributed by atoms with Crippen molar-refractivity contribution in [1.82, 2.24) is 9.78 Å². The molecule has 0 unspecified atom stereocenters. The molecule has 29 heavy (non-hydrogen) atoms. The van der Waals surface area contributed by atoms with Gasteiger partial charge < -0.3 is 20.1 Å². The molecule has 1 aliphatic rings. The summed E-state index contributed by atoms with van der Waals surface area (Å²) in [6.07, 6.45) is 0.0126. The minimum Gasteiger partial charge on any atom is -0.497 e. The van der Waals surface area contributed by atoms with Crippen LogP contribution in [-0.4, -0.2) is 35.8 Å². The van der Waals surface area contributed by atoms with Gasteiger partial charge in [-0.2, -0.15) is 5.10 Å². The third-order valence-electron chi connectivity index (χ3n) is 4.72. The normalized spacial score (nSPS) is 15.2. The number of fused-ring (bicyclic) bond motifs is 1. The van der Waals surface area contributed by atoms with Gasteiger partial charge in [-0.05, 0) is 48.5 Å². The van der Waals surface area contributed by atoms with Crippen LogP contribution in [0.1, 0.15) is 12.5 Å². The van der Waals surface area contributed by atoms with Crippen molar-refractivity contribution in [2.75, 3.05) is 24.9 Å². The van der Waals surface area contributed by atoms with Crippen molar-refractivity contribution in [2.45, 2.75) is 12.5 Å². The molecule has 3 aromatic rings. The second kappa shape index (κ2) is 7.67. The summed E-state index contributed by atoms with van der Waals surface area (Å²) in [7, 11) is 3.18. The predicted octanol–water partition coefficient (Wildman–Crippen LogP) is 3.09. The predicted molar refractivity (Wildman–Crippen MR) is 108 cm³/mol. The highest BCUT2D eigenvalue weighted by Crippen LogP contribution is 2.31. The molecule has 0 saturated carbocycles. The zero-order valence-corrected chi connectivity index (χ0v) is 16.0. The summed E-state index contributed by atoms with van der Waals surface area (Å²) in [6.45, 7) is 0. The van der Waals surface area contributed by atoms with E-state index in [0.29, 0.717) is 22.9 Å². The van der Waals surface area contributed by atoms with Crippen LogP contribution >= 0.6 is 0 Å². The number of benzene rings is 2. The molecule has 0 bridgehead atoms. The molecule has 8 heteroatoms. The molecule has 0 radical (unpaired) electrons. The Hall–Kier alpha value is -3.81. The van der Waals surface area contributed by atoms with Crippen molar-refractivity contribution in [2.24, 2.45) is 0 Å². The van der Waals surface area contributed by atoms with E-state index in [0.717, 1.165) is 11.3 Å². The number of methoxy groups -OCH3 is 2. The van der Waals surface area contributed by atoms with Gasteiger partial charge in [0.15, 0.2) is 0 Å². The Labute approximate surface area is 167 Å². The topological polar surface area (TPSA) is 94.5 Å². The van der Waals surface area contributed by atoms with Crippen molar-refractivity contribution in [1.29, 1.82) is 0 Å². The second-order valence-corrected chi connectivity index (χ2v) is 6.57. The number of aromatic nitrogens is 2. The summed E-state index contributed by atoms with van der Waals surface area (Å²) in [5, 5.41) is 10.2. The third kappa shape index (κ3) is 3.77. The van der Waals surface area contributed by atoms with E-state index in [-0.39, 0.29) is 18.2 Å². The number of hydrogen-bond donors (Lipinski definition) is 2. The Morgan fingerprint density at radius 3 is 2.31 bits per heavy atom. The average molecular weight is 392 g/mol. The molecule has 8 nitrogen and oxygen atoms in total. The molecule has 148 valence electrons. The van der Waals surface area contributed by atoms with Crippen molar-refractivity contribution in [3.8, 4) is 22.8 Å². The first kappa shape index (κ1) is 18.5. The van der Waals surface area contributed by atoms with Crippen LogP contribution in [-0.2, 0) is 9.59 Å². The van der Waals surface area contributed by atoms with Crippen LogP contribution in [0, 0.1) is 0 Å². The SMILES string of the molecule is COc1ccc(NC(=O)[C@H]2CC(=O)Nc3cc(-c4ccc(OC)cc4)nn32)cc1. The maximum Gasteiger partial charge on any atom is 0.249 e. The van der Waals surface area contributed by atoms with Crippen LogP contribution in [0.2, 0.25) is 0 Å². The Balaban J connectivity index is 1.59. The van der Waals surface area contributed by atoms with Gasteiger partial charge in [-0.1, -0.05) is 0 Å². The Kier molecular flexibility index (Phi) is 4.90. The van der Waals surface area contributed by atoms with Gasteiger partial charge in [-0.3, -0.25) is 9.59 Å². The number of nitrogens with one attached hydrogen (secondary N) is 2. The molecule has 2 heterocycles. The first-order chi connectivity index (χ1) is 14.1. The molecule has 0 spiro atoms. The standard InChI is InChI=1S/C21H20N4O4/c1-28-15-7-3-13(4-8-15)17-11-19-23-20(26)12-18(25(19)24-17)21(27)22-14-5-9-16(29-2)10-6-14/h3-11,18H,12H2,1-2H3,(H,22,27)(H,23,26)/t18-/m1/s1. The van der Waals surface area contributed by atoms with Crippen LogP contribution in [0.3, 0.4) is 0 Å². The summed E-state index contributed by atoms with van der Waals surface area (Å²) >= 11 is 0. The van der Waals surface area contributed by atoms with Gasteiger partial charge >= 0.3 is 0 Å². The molecule has 1 atom stereocenters. The second-order valence-electron chi connectivity index (χ2n) is 6.57. The maximum atomic E-state index is 12.9. The molecule has 2 amide bonds. The number of ether oxygens (including phenoxy) is 2. The molecule has 2 aromatic carbocycles. The summed E-state index contributed by atoms with van der Waals surface area (Å²) in [5.41, 5.74) is 2.13. The summed E-state index contributed by atoms with van der Waals surface area (Å²) in [6, 6.07) is 15.4. The largest absolute Gasteiger partial charge is 0.497 e. The number of carbonyl (C=O) groups excluding carboxylic acids is 2. The average Bonchev–Trinajstić information content (AvgIpc) is 3.17. The monoisotopic (exact) mass is 392 g/mol. The van der Waals surface area contributed by atoms with Gasteiger partial charge in [0.2, 0.25) is 11.8 Å². The van der Waals surface area contributed by atoms with Gasteiger partial charge in [0.25, 0.3) is 0 Å². The molecule has 1 aromatic heterocycles. The highest BCUT2D eigenvalue weighted by atomic mass is 16.5. The summed E-state index contributed by atoms with van der Waals surface area (Å²) in [4.78, 5) is 25.0. The van der Waals surface area contributed by atoms with E-state index in [1.54, 1.807) is 49.2 Å². The molecule has 0 aliphatic carbocycles. The molecular formula is C21H20N4O4. The fourth-order valence-corrected chi connectivity index (χ4v) is 3.19.